The molecule has 2 fully saturated rings. The average Bonchev–Trinajstić information content (AvgIpc) is 2.63. The number of ether oxygens (including phenoxy) is 1. The van der Waals surface area contributed by atoms with Crippen molar-refractivity contribution in [3.05, 3.63) is 29.8 Å². The summed E-state index contributed by atoms with van der Waals surface area (Å²) >= 11 is 0. The Hall–Kier alpha value is -1.64. The standard InChI is InChI=1S/C19H29N3O4S/c1-13-7-5-8-14(2)22(13)19(23)18-12-17(20-27(24,25)21(18)3)15-9-6-10-16(11-15)26-4/h6,9-11,13-14,17-18,20H,5,7-8,12H2,1-4H3/t13-,14+,17-,18-/m0/s1. The average molecular weight is 396 g/mol. The zero-order valence-electron chi connectivity index (χ0n) is 16.4. The Morgan fingerprint density at radius 3 is 2.52 bits per heavy atom. The first-order chi connectivity index (χ1) is 12.7. The zero-order valence-corrected chi connectivity index (χ0v) is 17.2. The molecular weight excluding hydrogens is 366 g/mol. The van der Waals surface area contributed by atoms with E-state index in [9.17, 15) is 13.2 Å². The van der Waals surface area contributed by atoms with E-state index in [-0.39, 0.29) is 18.0 Å². The van der Waals surface area contributed by atoms with Gasteiger partial charge in [0.15, 0.2) is 0 Å². The van der Waals surface area contributed by atoms with Crippen LogP contribution in [0.3, 0.4) is 0 Å². The second-order valence-electron chi connectivity index (χ2n) is 7.59. The molecule has 2 heterocycles. The van der Waals surface area contributed by atoms with Gasteiger partial charge in [0.25, 0.3) is 10.2 Å². The summed E-state index contributed by atoms with van der Waals surface area (Å²) in [4.78, 5) is 15.2. The lowest BCUT2D eigenvalue weighted by atomic mass is 9.94. The summed E-state index contributed by atoms with van der Waals surface area (Å²) in [6.07, 6.45) is 3.39. The number of methoxy groups -OCH3 is 1. The van der Waals surface area contributed by atoms with Gasteiger partial charge in [-0.3, -0.25) is 4.79 Å². The highest BCUT2D eigenvalue weighted by molar-refractivity contribution is 7.87. The van der Waals surface area contributed by atoms with Crippen LogP contribution in [-0.4, -0.2) is 55.8 Å². The Morgan fingerprint density at radius 1 is 1.22 bits per heavy atom. The van der Waals surface area contributed by atoms with Crippen LogP contribution >= 0.6 is 0 Å². The number of nitrogens with one attached hydrogen (secondary N) is 1. The fourth-order valence-electron chi connectivity index (χ4n) is 4.20. The van der Waals surface area contributed by atoms with Crippen molar-refractivity contribution in [2.24, 2.45) is 0 Å². The quantitative estimate of drug-likeness (QED) is 0.850. The van der Waals surface area contributed by atoms with Crippen LogP contribution in [0.4, 0.5) is 0 Å². The van der Waals surface area contributed by atoms with Gasteiger partial charge in [-0.2, -0.15) is 17.4 Å². The predicted molar refractivity (Wildman–Crippen MR) is 104 cm³/mol. The first-order valence-corrected chi connectivity index (χ1v) is 10.9. The SMILES string of the molecule is COc1cccc([C@@H]2C[C@@H](C(=O)N3[C@H](C)CCC[C@@H]3C)N(C)S(=O)(=O)N2)c1. The third kappa shape index (κ3) is 3.97. The van der Waals surface area contributed by atoms with E-state index in [0.717, 1.165) is 24.8 Å². The molecule has 1 amide bonds. The minimum absolute atomic E-state index is 0.102. The van der Waals surface area contributed by atoms with Crippen molar-refractivity contribution in [3.8, 4) is 5.75 Å². The summed E-state index contributed by atoms with van der Waals surface area (Å²) in [5.41, 5.74) is 0.795. The van der Waals surface area contributed by atoms with E-state index < -0.39 is 22.3 Å². The Morgan fingerprint density at radius 2 is 1.89 bits per heavy atom. The number of amides is 1. The van der Waals surface area contributed by atoms with E-state index in [4.69, 9.17) is 4.74 Å². The Balaban J connectivity index is 1.90. The molecule has 1 aromatic carbocycles. The number of nitrogens with zero attached hydrogens (tertiary/aromatic N) is 2. The third-order valence-corrected chi connectivity index (χ3v) is 7.39. The molecule has 2 aliphatic rings. The van der Waals surface area contributed by atoms with Crippen molar-refractivity contribution in [1.29, 1.82) is 0 Å². The summed E-state index contributed by atoms with van der Waals surface area (Å²) in [7, 11) is -0.700. The summed E-state index contributed by atoms with van der Waals surface area (Å²) < 4.78 is 34.5. The smallest absolute Gasteiger partial charge is 0.280 e. The highest BCUT2D eigenvalue weighted by atomic mass is 32.2. The van der Waals surface area contributed by atoms with E-state index in [2.05, 4.69) is 4.72 Å². The number of likely N-dealkylation sites (tertiary alicyclic amines) is 1. The first kappa shape index (κ1) is 20.1. The molecule has 0 aromatic heterocycles. The monoisotopic (exact) mass is 395 g/mol. The minimum Gasteiger partial charge on any atom is -0.497 e. The number of carbonyl (C=O) groups excluding carboxylic acids is 1. The van der Waals surface area contributed by atoms with Crippen LogP contribution in [0.1, 0.15) is 51.1 Å². The van der Waals surface area contributed by atoms with Crippen LogP contribution in [0.5, 0.6) is 5.75 Å². The summed E-state index contributed by atoms with van der Waals surface area (Å²) in [6.45, 7) is 4.09. The highest BCUT2D eigenvalue weighted by Gasteiger charge is 2.44. The summed E-state index contributed by atoms with van der Waals surface area (Å²) in [5.74, 6) is 0.557. The van der Waals surface area contributed by atoms with Crippen LogP contribution < -0.4 is 9.46 Å². The van der Waals surface area contributed by atoms with Crippen molar-refractivity contribution in [2.75, 3.05) is 14.2 Å². The Bertz CT molecular complexity index is 788. The molecule has 150 valence electrons. The largest absolute Gasteiger partial charge is 0.497 e. The number of benzene rings is 1. The maximum Gasteiger partial charge on any atom is 0.280 e. The first-order valence-electron chi connectivity index (χ1n) is 9.46. The topological polar surface area (TPSA) is 79.0 Å². The molecule has 2 aliphatic heterocycles. The van der Waals surface area contributed by atoms with Crippen LogP contribution in [0, 0.1) is 0 Å². The third-order valence-electron chi connectivity index (χ3n) is 5.80. The molecule has 0 bridgehead atoms. The van der Waals surface area contributed by atoms with Gasteiger partial charge in [-0.25, -0.2) is 0 Å². The molecule has 0 radical (unpaired) electrons. The lowest BCUT2D eigenvalue weighted by molar-refractivity contribution is -0.142. The van der Waals surface area contributed by atoms with Crippen molar-refractivity contribution in [1.82, 2.24) is 13.9 Å². The number of hydrogen-bond donors (Lipinski definition) is 1. The van der Waals surface area contributed by atoms with Crippen molar-refractivity contribution >= 4 is 16.1 Å². The van der Waals surface area contributed by atoms with Gasteiger partial charge in [0.2, 0.25) is 5.91 Å². The van der Waals surface area contributed by atoms with Gasteiger partial charge in [-0.05, 0) is 57.2 Å². The van der Waals surface area contributed by atoms with Crippen molar-refractivity contribution < 1.29 is 17.9 Å². The maximum absolute atomic E-state index is 13.3. The molecular formula is C19H29N3O4S. The maximum atomic E-state index is 13.3. The number of piperidine rings is 1. The molecule has 3 rings (SSSR count). The van der Waals surface area contributed by atoms with Gasteiger partial charge in [0.1, 0.15) is 11.8 Å². The number of rotatable bonds is 3. The number of hydrogen-bond acceptors (Lipinski definition) is 4. The number of likely N-dealkylation sites (N-methyl/N-ethyl adjacent to an activating group) is 1. The Labute approximate surface area is 161 Å². The van der Waals surface area contributed by atoms with E-state index in [0.29, 0.717) is 12.2 Å². The molecule has 0 saturated carbocycles. The normalized spacial score (nSPS) is 31.5. The van der Waals surface area contributed by atoms with Gasteiger partial charge in [-0.15, -0.1) is 0 Å². The van der Waals surface area contributed by atoms with Gasteiger partial charge in [0, 0.05) is 19.1 Å². The second kappa shape index (κ2) is 7.77. The van der Waals surface area contributed by atoms with Crippen molar-refractivity contribution in [3.63, 3.8) is 0 Å². The molecule has 0 spiro atoms. The van der Waals surface area contributed by atoms with Gasteiger partial charge in [0.05, 0.1) is 13.2 Å². The lowest BCUT2D eigenvalue weighted by Gasteiger charge is -2.44. The van der Waals surface area contributed by atoms with Gasteiger partial charge < -0.3 is 9.64 Å². The molecule has 1 aromatic rings. The van der Waals surface area contributed by atoms with E-state index in [1.165, 1.54) is 11.4 Å². The molecule has 0 aliphatic carbocycles. The summed E-state index contributed by atoms with van der Waals surface area (Å²) in [6, 6.07) is 6.38. The minimum atomic E-state index is -3.75. The van der Waals surface area contributed by atoms with Gasteiger partial charge >= 0.3 is 0 Å². The van der Waals surface area contributed by atoms with Crippen LogP contribution in [0.15, 0.2) is 24.3 Å². The molecule has 27 heavy (non-hydrogen) atoms. The molecule has 4 atom stereocenters. The summed E-state index contributed by atoms with van der Waals surface area (Å²) in [5, 5.41) is 0. The van der Waals surface area contributed by atoms with Crippen molar-refractivity contribution in [2.45, 2.75) is 63.7 Å². The van der Waals surface area contributed by atoms with Crippen LogP contribution in [0.2, 0.25) is 0 Å². The van der Waals surface area contributed by atoms with E-state index in [1.54, 1.807) is 7.11 Å². The van der Waals surface area contributed by atoms with E-state index in [1.807, 2.05) is 43.0 Å². The molecule has 0 unspecified atom stereocenters. The molecule has 1 N–H and O–H groups in total. The molecule has 2 saturated heterocycles. The zero-order chi connectivity index (χ0) is 19.8. The lowest BCUT2D eigenvalue weighted by Crippen LogP contribution is -2.60. The number of carbonyl (C=O) groups is 1. The fraction of sp³-hybridized carbons (Fsp3) is 0.632. The molecule has 8 heteroatoms. The van der Waals surface area contributed by atoms with Crippen LogP contribution in [0.25, 0.3) is 0 Å². The fourth-order valence-corrected chi connectivity index (χ4v) is 5.47. The Kier molecular flexibility index (Phi) is 5.79. The highest BCUT2D eigenvalue weighted by Crippen LogP contribution is 2.32. The molecule has 7 nitrogen and oxygen atoms in total. The second-order valence-corrected chi connectivity index (χ2v) is 9.36. The van der Waals surface area contributed by atoms with Crippen LogP contribution in [-0.2, 0) is 15.0 Å². The van der Waals surface area contributed by atoms with Gasteiger partial charge in [-0.1, -0.05) is 12.1 Å². The van der Waals surface area contributed by atoms with E-state index >= 15 is 0 Å². The predicted octanol–water partition coefficient (Wildman–Crippen LogP) is 2.06.